The molecule has 0 saturated heterocycles. The number of aliphatic imine (C=N–C) groups is 1. The van der Waals surface area contributed by atoms with Crippen LogP contribution in [0.1, 0.15) is 0 Å². The van der Waals surface area contributed by atoms with Crippen molar-refractivity contribution in [2.24, 2.45) is 16.5 Å². The summed E-state index contributed by atoms with van der Waals surface area (Å²) in [5, 5.41) is 0.0292. The number of hydrogen-bond acceptors (Lipinski definition) is 2. The molecule has 0 aromatic rings. The van der Waals surface area contributed by atoms with Crippen LogP contribution in [0.2, 0.25) is 0 Å². The predicted molar refractivity (Wildman–Crippen MR) is 54.7 cm³/mol. The minimum atomic E-state index is 0.0292. The highest BCUT2D eigenvalue weighted by atomic mass is 32.1. The molecule has 0 bridgehead atoms. The standard InChI is InChI=1S/C5H10N4S2/c1-9(2)4(3(6)10)8-5(7)11/h1-2H3,(H2,6,10)(H2,7,11)/b8-4+. The summed E-state index contributed by atoms with van der Waals surface area (Å²) in [5.74, 6) is 0.424. The molecule has 0 aliphatic heterocycles. The van der Waals surface area contributed by atoms with E-state index in [2.05, 4.69) is 17.2 Å². The zero-order valence-corrected chi connectivity index (χ0v) is 8.00. The number of rotatable bonds is 0. The maximum absolute atomic E-state index is 5.33. The van der Waals surface area contributed by atoms with Crippen LogP contribution in [0.5, 0.6) is 0 Å². The predicted octanol–water partition coefficient (Wildman–Crippen LogP) is -0.524. The zero-order valence-electron chi connectivity index (χ0n) is 6.37. The molecule has 0 atom stereocenters. The van der Waals surface area contributed by atoms with E-state index in [1.807, 2.05) is 0 Å². The van der Waals surface area contributed by atoms with Gasteiger partial charge in [-0.25, -0.2) is 4.99 Å². The van der Waals surface area contributed by atoms with Gasteiger partial charge in [-0.15, -0.1) is 0 Å². The first-order chi connectivity index (χ1) is 4.95. The van der Waals surface area contributed by atoms with Gasteiger partial charge >= 0.3 is 0 Å². The van der Waals surface area contributed by atoms with Crippen LogP contribution in [-0.4, -0.2) is 34.9 Å². The first kappa shape index (κ1) is 10.2. The molecule has 0 rings (SSSR count). The van der Waals surface area contributed by atoms with Gasteiger partial charge in [0.1, 0.15) is 4.99 Å². The van der Waals surface area contributed by atoms with Crippen LogP contribution in [0.25, 0.3) is 0 Å². The Bertz CT molecular complexity index is 209. The lowest BCUT2D eigenvalue weighted by Gasteiger charge is -2.13. The number of hydrogen-bond donors (Lipinski definition) is 2. The highest BCUT2D eigenvalue weighted by Gasteiger charge is 2.04. The molecule has 0 unspecified atom stereocenters. The first-order valence-electron chi connectivity index (χ1n) is 2.80. The number of likely N-dealkylation sites (N-methyl/N-ethyl adjacent to an activating group) is 1. The highest BCUT2D eigenvalue weighted by molar-refractivity contribution is 7.82. The van der Waals surface area contributed by atoms with Crippen molar-refractivity contribution in [1.82, 2.24) is 4.90 Å². The van der Waals surface area contributed by atoms with Crippen molar-refractivity contribution in [3.63, 3.8) is 0 Å². The molecule has 0 saturated carbocycles. The van der Waals surface area contributed by atoms with Gasteiger partial charge < -0.3 is 16.4 Å². The fourth-order valence-corrected chi connectivity index (χ4v) is 0.795. The molecular formula is C5H10N4S2. The van der Waals surface area contributed by atoms with Crippen molar-refractivity contribution >= 4 is 40.4 Å². The van der Waals surface area contributed by atoms with Crippen molar-refractivity contribution in [2.75, 3.05) is 14.1 Å². The smallest absolute Gasteiger partial charge is 0.192 e. The van der Waals surface area contributed by atoms with Crippen LogP contribution in [-0.2, 0) is 0 Å². The van der Waals surface area contributed by atoms with E-state index in [4.69, 9.17) is 23.7 Å². The van der Waals surface area contributed by atoms with E-state index in [-0.39, 0.29) is 10.1 Å². The summed E-state index contributed by atoms with van der Waals surface area (Å²) in [6, 6.07) is 0. The summed E-state index contributed by atoms with van der Waals surface area (Å²) >= 11 is 9.26. The van der Waals surface area contributed by atoms with Crippen molar-refractivity contribution in [1.29, 1.82) is 0 Å². The molecule has 4 nitrogen and oxygen atoms in total. The molecule has 62 valence electrons. The third-order valence-electron chi connectivity index (χ3n) is 0.860. The minimum absolute atomic E-state index is 0.0292. The molecule has 0 fully saturated rings. The van der Waals surface area contributed by atoms with Crippen LogP contribution in [0.4, 0.5) is 0 Å². The molecule has 11 heavy (non-hydrogen) atoms. The van der Waals surface area contributed by atoms with Crippen LogP contribution >= 0.6 is 24.4 Å². The van der Waals surface area contributed by atoms with E-state index in [1.54, 1.807) is 19.0 Å². The van der Waals surface area contributed by atoms with E-state index in [9.17, 15) is 0 Å². The van der Waals surface area contributed by atoms with Gasteiger partial charge in [-0.05, 0) is 12.2 Å². The lowest BCUT2D eigenvalue weighted by molar-refractivity contribution is 0.632. The van der Waals surface area contributed by atoms with Crippen molar-refractivity contribution in [3.8, 4) is 0 Å². The first-order valence-corrected chi connectivity index (χ1v) is 3.62. The maximum Gasteiger partial charge on any atom is 0.192 e. The van der Waals surface area contributed by atoms with Crippen molar-refractivity contribution < 1.29 is 0 Å². The minimum Gasteiger partial charge on any atom is -0.387 e. The second-order valence-electron chi connectivity index (χ2n) is 2.03. The Balaban J connectivity index is 4.60. The molecular weight excluding hydrogens is 180 g/mol. The molecule has 0 radical (unpaired) electrons. The third-order valence-corrected chi connectivity index (χ3v) is 1.13. The summed E-state index contributed by atoms with van der Waals surface area (Å²) in [6.45, 7) is 0. The molecule has 0 aliphatic carbocycles. The van der Waals surface area contributed by atoms with E-state index in [1.165, 1.54) is 0 Å². The van der Waals surface area contributed by atoms with Gasteiger partial charge in [-0.2, -0.15) is 0 Å². The third kappa shape index (κ3) is 3.84. The van der Waals surface area contributed by atoms with E-state index >= 15 is 0 Å². The highest BCUT2D eigenvalue weighted by Crippen LogP contribution is 1.85. The molecule has 0 heterocycles. The fraction of sp³-hybridized carbons (Fsp3) is 0.400. The molecule has 0 amide bonds. The van der Waals surface area contributed by atoms with Crippen LogP contribution in [0.3, 0.4) is 0 Å². The maximum atomic E-state index is 5.33. The normalized spacial score (nSPS) is 10.9. The molecule has 0 spiro atoms. The summed E-state index contributed by atoms with van der Waals surface area (Å²) < 4.78 is 0. The summed E-state index contributed by atoms with van der Waals surface area (Å²) in [4.78, 5) is 5.60. The Morgan fingerprint density at radius 3 is 1.82 bits per heavy atom. The zero-order chi connectivity index (χ0) is 9.02. The average molecular weight is 190 g/mol. The summed E-state index contributed by atoms with van der Waals surface area (Å²) in [7, 11) is 3.52. The van der Waals surface area contributed by atoms with Gasteiger partial charge in [-0.3, -0.25) is 0 Å². The molecule has 0 aromatic heterocycles. The van der Waals surface area contributed by atoms with Gasteiger partial charge in [0.15, 0.2) is 10.9 Å². The second kappa shape index (κ2) is 4.20. The van der Waals surface area contributed by atoms with Crippen molar-refractivity contribution in [3.05, 3.63) is 0 Å². The lowest BCUT2D eigenvalue weighted by Crippen LogP contribution is -2.35. The van der Waals surface area contributed by atoms with Crippen LogP contribution in [0.15, 0.2) is 4.99 Å². The number of nitrogens with two attached hydrogens (primary N) is 2. The van der Waals surface area contributed by atoms with Crippen LogP contribution in [0, 0.1) is 0 Å². The molecule has 0 aromatic carbocycles. The Kier molecular flexibility index (Phi) is 3.91. The number of thiocarbonyl (C=S) groups is 2. The van der Waals surface area contributed by atoms with Crippen LogP contribution < -0.4 is 11.5 Å². The summed E-state index contributed by atoms with van der Waals surface area (Å²) in [6.07, 6.45) is 0. The average Bonchev–Trinajstić information content (AvgIpc) is 1.81. The number of amidine groups is 1. The van der Waals surface area contributed by atoms with E-state index in [0.717, 1.165) is 0 Å². The Morgan fingerprint density at radius 2 is 1.73 bits per heavy atom. The molecule has 0 aliphatic rings. The fourth-order valence-electron chi connectivity index (χ4n) is 0.480. The quantitative estimate of drug-likeness (QED) is 0.305. The van der Waals surface area contributed by atoms with Gasteiger partial charge in [0.2, 0.25) is 0 Å². The van der Waals surface area contributed by atoms with E-state index in [0.29, 0.717) is 5.84 Å². The second-order valence-corrected chi connectivity index (χ2v) is 2.89. The SMILES string of the molecule is CN(C)/C(=N/C(N)=S)C(N)=S. The van der Waals surface area contributed by atoms with Crippen molar-refractivity contribution in [2.45, 2.75) is 0 Å². The van der Waals surface area contributed by atoms with Gasteiger partial charge in [-0.1, -0.05) is 12.2 Å². The van der Waals surface area contributed by atoms with Gasteiger partial charge in [0, 0.05) is 14.1 Å². The number of nitrogens with zero attached hydrogens (tertiary/aromatic N) is 2. The molecule has 6 heteroatoms. The largest absolute Gasteiger partial charge is 0.387 e. The molecule has 4 N–H and O–H groups in total. The van der Waals surface area contributed by atoms with E-state index < -0.39 is 0 Å². The monoisotopic (exact) mass is 190 g/mol. The summed E-state index contributed by atoms with van der Waals surface area (Å²) in [5.41, 5.74) is 10.5. The topological polar surface area (TPSA) is 67.6 Å². The van der Waals surface area contributed by atoms with Gasteiger partial charge in [0.25, 0.3) is 0 Å². The Morgan fingerprint density at radius 1 is 1.27 bits per heavy atom. The Labute approximate surface area is 76.3 Å². The Hall–Kier alpha value is -0.750. The van der Waals surface area contributed by atoms with Gasteiger partial charge in [0.05, 0.1) is 0 Å². The lowest BCUT2D eigenvalue weighted by atomic mass is 10.5.